The fourth-order valence-electron chi connectivity index (χ4n) is 4.28. The number of fused-ring (bicyclic) bond motifs is 1. The smallest absolute Gasteiger partial charge is 0.333 e. The lowest BCUT2D eigenvalue weighted by Gasteiger charge is -2.34. The van der Waals surface area contributed by atoms with E-state index in [4.69, 9.17) is 10.2 Å². The van der Waals surface area contributed by atoms with E-state index < -0.39 is 22.8 Å². The van der Waals surface area contributed by atoms with Gasteiger partial charge in [0.1, 0.15) is 5.57 Å². The van der Waals surface area contributed by atoms with Gasteiger partial charge in [-0.2, -0.15) is 0 Å². The number of carbonyl (C=O) groups is 3. The number of aliphatic hydroxyl groups is 2. The highest BCUT2D eigenvalue weighted by Crippen LogP contribution is 2.46. The highest BCUT2D eigenvalue weighted by molar-refractivity contribution is 8.03. The summed E-state index contributed by atoms with van der Waals surface area (Å²) in [4.78, 5) is 55.0. The van der Waals surface area contributed by atoms with Crippen molar-refractivity contribution < 1.29 is 29.5 Å². The van der Waals surface area contributed by atoms with Gasteiger partial charge in [-0.15, -0.1) is 0 Å². The van der Waals surface area contributed by atoms with Crippen molar-refractivity contribution in [1.29, 1.82) is 0 Å². The molecule has 38 heavy (non-hydrogen) atoms. The quantitative estimate of drug-likeness (QED) is 0.117. The van der Waals surface area contributed by atoms with Crippen molar-refractivity contribution in [2.75, 3.05) is 38.3 Å². The first-order chi connectivity index (χ1) is 18.3. The average Bonchev–Trinajstić information content (AvgIpc) is 3.21. The van der Waals surface area contributed by atoms with Gasteiger partial charge in [-0.3, -0.25) is 29.5 Å². The molecule has 1 aromatic rings. The van der Waals surface area contributed by atoms with Crippen molar-refractivity contribution in [3.8, 4) is 0 Å². The minimum atomic E-state index is -0.644. The van der Waals surface area contributed by atoms with Crippen LogP contribution in [0.2, 0.25) is 0 Å². The van der Waals surface area contributed by atoms with Crippen LogP contribution >= 0.6 is 11.8 Å². The van der Waals surface area contributed by atoms with Gasteiger partial charge in [0.05, 0.1) is 15.6 Å². The molecule has 2 heterocycles. The summed E-state index contributed by atoms with van der Waals surface area (Å²) < 4.78 is 0. The van der Waals surface area contributed by atoms with Crippen molar-refractivity contribution in [2.24, 2.45) is 0 Å². The number of carbonyl (C=O) groups excluding carboxylic acids is 3. The van der Waals surface area contributed by atoms with E-state index in [1.54, 1.807) is 19.2 Å². The summed E-state index contributed by atoms with van der Waals surface area (Å²) in [6.07, 6.45) is 8.50. The van der Waals surface area contributed by atoms with E-state index >= 15 is 0 Å². The molecule has 0 aliphatic carbocycles. The van der Waals surface area contributed by atoms with Crippen molar-refractivity contribution in [2.45, 2.75) is 56.3 Å². The molecule has 2 aliphatic heterocycles. The number of thioether (sulfide) groups is 1. The van der Waals surface area contributed by atoms with E-state index in [-0.39, 0.29) is 37.6 Å². The van der Waals surface area contributed by atoms with Crippen LogP contribution < -0.4 is 4.90 Å². The van der Waals surface area contributed by atoms with Crippen LogP contribution in [-0.4, -0.2) is 76.1 Å². The highest BCUT2D eigenvalue weighted by atomic mass is 32.2. The zero-order valence-electron chi connectivity index (χ0n) is 21.5. The highest BCUT2D eigenvalue weighted by Gasteiger charge is 2.41. The van der Waals surface area contributed by atoms with E-state index in [9.17, 15) is 24.5 Å². The van der Waals surface area contributed by atoms with Crippen molar-refractivity contribution in [3.05, 3.63) is 51.1 Å². The maximum absolute atomic E-state index is 13.2. The topological polar surface area (TPSA) is 145 Å². The van der Waals surface area contributed by atoms with Crippen LogP contribution in [0.1, 0.15) is 51.4 Å². The van der Waals surface area contributed by atoms with Crippen LogP contribution in [0, 0.1) is 10.1 Å². The molecule has 1 saturated heterocycles. The Labute approximate surface area is 225 Å². The molecule has 3 rings (SSSR count). The molecule has 0 spiro atoms. The van der Waals surface area contributed by atoms with Crippen molar-refractivity contribution in [3.63, 3.8) is 0 Å². The molecule has 206 valence electrons. The second-order valence-corrected chi connectivity index (χ2v) is 10.2. The van der Waals surface area contributed by atoms with Gasteiger partial charge in [0.15, 0.2) is 0 Å². The largest absolute Gasteiger partial charge is 0.396 e. The SMILES string of the molecule is CN1/C(=C/C=C2C(=O)N(CCCCCCO)C(=O)N(CCCCCCO)C2=O)Sc2cc([N+](=O)[O-])ccc21. The minimum absolute atomic E-state index is 0.0235. The summed E-state index contributed by atoms with van der Waals surface area (Å²) in [5.74, 6) is -1.29. The van der Waals surface area contributed by atoms with E-state index in [1.165, 1.54) is 30.0 Å². The monoisotopic (exact) mass is 546 g/mol. The molecule has 0 bridgehead atoms. The van der Waals surface area contributed by atoms with Crippen molar-refractivity contribution in [1.82, 2.24) is 9.80 Å². The van der Waals surface area contributed by atoms with Crippen molar-refractivity contribution >= 4 is 41.0 Å². The second-order valence-electron chi connectivity index (χ2n) is 9.13. The first kappa shape index (κ1) is 29.3. The number of hydrogen-bond acceptors (Lipinski definition) is 9. The van der Waals surface area contributed by atoms with Gasteiger partial charge in [0, 0.05) is 50.4 Å². The van der Waals surface area contributed by atoms with E-state index in [1.807, 2.05) is 4.90 Å². The number of benzene rings is 1. The number of nitro groups is 1. The molecule has 0 aromatic heterocycles. The Bertz CT molecular complexity index is 1080. The molecule has 0 saturated carbocycles. The van der Waals surface area contributed by atoms with Gasteiger partial charge in [-0.1, -0.05) is 37.4 Å². The fourth-order valence-corrected chi connectivity index (χ4v) is 5.37. The summed E-state index contributed by atoms with van der Waals surface area (Å²) >= 11 is 1.29. The minimum Gasteiger partial charge on any atom is -0.396 e. The van der Waals surface area contributed by atoms with E-state index in [0.29, 0.717) is 35.6 Å². The molecule has 2 aliphatic rings. The zero-order valence-corrected chi connectivity index (χ0v) is 22.3. The lowest BCUT2D eigenvalue weighted by atomic mass is 10.1. The molecule has 0 unspecified atom stereocenters. The van der Waals surface area contributed by atoms with Crippen LogP contribution in [0.4, 0.5) is 16.2 Å². The van der Waals surface area contributed by atoms with Gasteiger partial charge < -0.3 is 15.1 Å². The molecule has 0 atom stereocenters. The number of urea groups is 1. The predicted octanol–water partition coefficient (Wildman–Crippen LogP) is 3.80. The summed E-state index contributed by atoms with van der Waals surface area (Å²) in [6, 6.07) is 3.94. The number of hydrogen-bond donors (Lipinski definition) is 2. The predicted molar refractivity (Wildman–Crippen MR) is 143 cm³/mol. The van der Waals surface area contributed by atoms with Crippen LogP contribution in [0.15, 0.2) is 45.8 Å². The second kappa shape index (κ2) is 14.1. The average molecular weight is 547 g/mol. The number of barbiturate groups is 1. The van der Waals surface area contributed by atoms with Crippen LogP contribution in [0.3, 0.4) is 0 Å². The Morgan fingerprint density at radius 3 is 1.95 bits per heavy atom. The maximum atomic E-state index is 13.2. The molecule has 12 heteroatoms. The Morgan fingerprint density at radius 2 is 1.42 bits per heavy atom. The number of amides is 4. The maximum Gasteiger partial charge on any atom is 0.333 e. The number of imide groups is 2. The van der Waals surface area contributed by atoms with Crippen LogP contribution in [0.5, 0.6) is 0 Å². The number of unbranched alkanes of at least 4 members (excludes halogenated alkanes) is 6. The molecule has 11 nitrogen and oxygen atoms in total. The number of allylic oxidation sites excluding steroid dienone is 2. The first-order valence-corrected chi connectivity index (χ1v) is 13.6. The summed E-state index contributed by atoms with van der Waals surface area (Å²) in [7, 11) is 1.79. The van der Waals surface area contributed by atoms with Gasteiger partial charge in [-0.25, -0.2) is 4.79 Å². The first-order valence-electron chi connectivity index (χ1n) is 12.8. The Balaban J connectivity index is 1.81. The van der Waals surface area contributed by atoms with Crippen LogP contribution in [-0.2, 0) is 9.59 Å². The lowest BCUT2D eigenvalue weighted by Crippen LogP contribution is -2.56. The Kier molecular flexibility index (Phi) is 10.9. The lowest BCUT2D eigenvalue weighted by molar-refractivity contribution is -0.385. The van der Waals surface area contributed by atoms with Gasteiger partial charge in [0.2, 0.25) is 0 Å². The third-order valence-corrected chi connectivity index (χ3v) is 7.61. The molecule has 2 N–H and O–H groups in total. The number of aliphatic hydroxyl groups excluding tert-OH is 2. The number of nitro benzene ring substituents is 1. The molecular formula is C26H34N4O7S. The summed E-state index contributed by atoms with van der Waals surface area (Å²) in [6.45, 7) is 0.529. The molecular weight excluding hydrogens is 512 g/mol. The van der Waals surface area contributed by atoms with Crippen LogP contribution in [0.25, 0.3) is 0 Å². The third kappa shape index (κ3) is 7.00. The number of non-ortho nitro benzene ring substituents is 1. The molecule has 1 fully saturated rings. The summed E-state index contributed by atoms with van der Waals surface area (Å²) in [5, 5.41) is 29.8. The molecule has 4 amide bonds. The number of nitrogens with zero attached hydrogens (tertiary/aromatic N) is 4. The zero-order chi connectivity index (χ0) is 27.7. The molecule has 1 aromatic carbocycles. The Morgan fingerprint density at radius 1 is 0.868 bits per heavy atom. The number of rotatable bonds is 14. The Hall–Kier alpha value is -3.22. The van der Waals surface area contributed by atoms with Gasteiger partial charge in [-0.05, 0) is 43.9 Å². The fraction of sp³-hybridized carbons (Fsp3) is 0.500. The summed E-state index contributed by atoms with van der Waals surface area (Å²) in [5.41, 5.74) is 0.638. The van der Waals surface area contributed by atoms with E-state index in [0.717, 1.165) is 41.2 Å². The molecule has 0 radical (unpaired) electrons. The van der Waals surface area contributed by atoms with E-state index in [2.05, 4.69) is 0 Å². The third-order valence-electron chi connectivity index (χ3n) is 6.45. The van der Waals surface area contributed by atoms with Gasteiger partial charge in [0.25, 0.3) is 17.5 Å². The van der Waals surface area contributed by atoms with Gasteiger partial charge >= 0.3 is 6.03 Å². The number of anilines is 1. The normalized spacial score (nSPS) is 16.6. The standard InChI is InChI=1S/C26H34N4O7S/c1-27-21-12-10-19(30(36)37)18-22(21)38-23(27)13-11-20-24(33)28(14-6-2-4-8-16-31)26(35)29(25(20)34)15-7-3-5-9-17-32/h10-13,18,31-32H,2-9,14-17H2,1H3/b23-13-.